The first-order chi connectivity index (χ1) is 14.2. The van der Waals surface area contributed by atoms with Gasteiger partial charge in [0, 0.05) is 19.2 Å². The molecule has 2 N–H and O–H groups in total. The molecule has 5 nitrogen and oxygen atoms in total. The van der Waals surface area contributed by atoms with Crippen molar-refractivity contribution in [2.24, 2.45) is 11.8 Å². The highest BCUT2D eigenvalue weighted by Gasteiger charge is 2.17. The summed E-state index contributed by atoms with van der Waals surface area (Å²) in [6, 6.07) is 9.93. The molecule has 0 aliphatic heterocycles. The summed E-state index contributed by atoms with van der Waals surface area (Å²) in [5.41, 5.74) is 2.00. The quantitative estimate of drug-likeness (QED) is 0.574. The Morgan fingerprint density at radius 2 is 1.63 bits per heavy atom. The molecule has 0 aliphatic rings. The van der Waals surface area contributed by atoms with Crippen molar-refractivity contribution >= 4 is 23.1 Å². The molecule has 160 valence electrons. The van der Waals surface area contributed by atoms with Gasteiger partial charge in [-0.15, -0.1) is 0 Å². The molecule has 0 aliphatic carbocycles. The standard InChI is InChI=1S/C23H28F2N4O/c1-15(2)13-29(14-16(3)4)22-8-5-17(9-10-26)11-21(22)28-23(30)27-20-7-6-18(24)12-19(20)25/h5-8,11-12,15-16H,9,13-14H2,1-4H3,(H2,27,28,30). The van der Waals surface area contributed by atoms with E-state index >= 15 is 0 Å². The van der Waals surface area contributed by atoms with Gasteiger partial charge in [-0.05, 0) is 41.7 Å². The molecule has 0 spiro atoms. The van der Waals surface area contributed by atoms with Crippen molar-refractivity contribution in [3.05, 3.63) is 53.6 Å². The van der Waals surface area contributed by atoms with Crippen LogP contribution in [0.1, 0.15) is 33.3 Å². The van der Waals surface area contributed by atoms with Crippen LogP contribution in [-0.2, 0) is 6.42 Å². The summed E-state index contributed by atoms with van der Waals surface area (Å²) in [7, 11) is 0. The van der Waals surface area contributed by atoms with Gasteiger partial charge in [-0.25, -0.2) is 13.6 Å². The molecule has 0 saturated heterocycles. The van der Waals surface area contributed by atoms with Gasteiger partial charge in [0.25, 0.3) is 0 Å². The van der Waals surface area contributed by atoms with Crippen LogP contribution in [0, 0.1) is 34.8 Å². The number of urea groups is 1. The van der Waals surface area contributed by atoms with Gasteiger partial charge < -0.3 is 15.5 Å². The van der Waals surface area contributed by atoms with Crippen LogP contribution in [0.4, 0.5) is 30.6 Å². The lowest BCUT2D eigenvalue weighted by Gasteiger charge is -2.30. The van der Waals surface area contributed by atoms with E-state index in [1.54, 1.807) is 6.07 Å². The average Bonchev–Trinajstić information content (AvgIpc) is 2.63. The highest BCUT2D eigenvalue weighted by Crippen LogP contribution is 2.29. The third-order valence-corrected chi connectivity index (χ3v) is 4.28. The van der Waals surface area contributed by atoms with E-state index in [-0.39, 0.29) is 12.1 Å². The van der Waals surface area contributed by atoms with E-state index in [1.807, 2.05) is 12.1 Å². The number of carbonyl (C=O) groups is 1. The summed E-state index contributed by atoms with van der Waals surface area (Å²) in [4.78, 5) is 14.7. The van der Waals surface area contributed by atoms with Gasteiger partial charge in [0.05, 0.1) is 29.6 Å². The maximum atomic E-state index is 13.9. The number of rotatable bonds is 8. The molecule has 0 saturated carbocycles. The van der Waals surface area contributed by atoms with Crippen LogP contribution >= 0.6 is 0 Å². The summed E-state index contributed by atoms with van der Waals surface area (Å²) in [6.07, 6.45) is 0.206. The summed E-state index contributed by atoms with van der Waals surface area (Å²) in [6.45, 7) is 10.1. The van der Waals surface area contributed by atoms with Crippen molar-refractivity contribution in [3.63, 3.8) is 0 Å². The molecule has 2 rings (SSSR count). The van der Waals surface area contributed by atoms with E-state index < -0.39 is 17.7 Å². The number of amides is 2. The Balaban J connectivity index is 2.33. The van der Waals surface area contributed by atoms with Crippen molar-refractivity contribution in [2.45, 2.75) is 34.1 Å². The number of hydrogen-bond donors (Lipinski definition) is 2. The number of carbonyl (C=O) groups excluding carboxylic acids is 1. The van der Waals surface area contributed by atoms with Gasteiger partial charge in [-0.1, -0.05) is 33.8 Å². The predicted octanol–water partition coefficient (Wildman–Crippen LogP) is 5.79. The second kappa shape index (κ2) is 10.6. The number of nitriles is 1. The zero-order valence-electron chi connectivity index (χ0n) is 17.8. The van der Waals surface area contributed by atoms with Gasteiger partial charge in [0.15, 0.2) is 0 Å². The Hall–Kier alpha value is -3.14. The SMILES string of the molecule is CC(C)CN(CC(C)C)c1ccc(CC#N)cc1NC(=O)Nc1ccc(F)cc1F. The van der Waals surface area contributed by atoms with Gasteiger partial charge >= 0.3 is 6.03 Å². The summed E-state index contributed by atoms with van der Waals surface area (Å²) in [5.74, 6) is -0.775. The molecule has 7 heteroatoms. The molecule has 0 fully saturated rings. The van der Waals surface area contributed by atoms with E-state index in [9.17, 15) is 13.6 Å². The molecule has 0 unspecified atom stereocenters. The molecule has 30 heavy (non-hydrogen) atoms. The van der Waals surface area contributed by atoms with Crippen LogP contribution in [0.5, 0.6) is 0 Å². The third kappa shape index (κ3) is 6.73. The smallest absolute Gasteiger partial charge is 0.323 e. The molecule has 0 bridgehead atoms. The largest absolute Gasteiger partial charge is 0.369 e. The lowest BCUT2D eigenvalue weighted by atomic mass is 10.1. The Morgan fingerprint density at radius 3 is 2.20 bits per heavy atom. The van der Waals surface area contributed by atoms with E-state index in [1.165, 1.54) is 6.07 Å². The molecule has 0 heterocycles. The highest BCUT2D eigenvalue weighted by atomic mass is 19.1. The van der Waals surface area contributed by atoms with E-state index in [4.69, 9.17) is 5.26 Å². The molecular formula is C23H28F2N4O. The van der Waals surface area contributed by atoms with Gasteiger partial charge in [-0.2, -0.15) is 5.26 Å². The van der Waals surface area contributed by atoms with Gasteiger partial charge in [0.2, 0.25) is 0 Å². The van der Waals surface area contributed by atoms with Crippen molar-refractivity contribution in [2.75, 3.05) is 28.6 Å². The minimum absolute atomic E-state index is 0.121. The number of nitrogens with zero attached hydrogens (tertiary/aromatic N) is 2. The van der Waals surface area contributed by atoms with Crippen molar-refractivity contribution in [3.8, 4) is 6.07 Å². The normalized spacial score (nSPS) is 10.8. The zero-order chi connectivity index (χ0) is 22.3. The fourth-order valence-electron chi connectivity index (χ4n) is 3.18. The predicted molar refractivity (Wildman–Crippen MR) is 117 cm³/mol. The van der Waals surface area contributed by atoms with Gasteiger partial charge in [0.1, 0.15) is 11.6 Å². The molecule has 2 amide bonds. The summed E-state index contributed by atoms with van der Waals surface area (Å²) < 4.78 is 27.0. The first-order valence-corrected chi connectivity index (χ1v) is 9.97. The molecule has 0 aromatic heterocycles. The van der Waals surface area contributed by atoms with E-state index in [0.29, 0.717) is 23.6 Å². The average molecular weight is 415 g/mol. The fourth-order valence-corrected chi connectivity index (χ4v) is 3.18. The lowest BCUT2D eigenvalue weighted by Crippen LogP contribution is -2.32. The van der Waals surface area contributed by atoms with Crippen LogP contribution in [0.3, 0.4) is 0 Å². The minimum atomic E-state index is -0.857. The molecule has 2 aromatic rings. The van der Waals surface area contributed by atoms with E-state index in [0.717, 1.165) is 30.4 Å². The minimum Gasteiger partial charge on any atom is -0.369 e. The Bertz CT molecular complexity index is 912. The maximum absolute atomic E-state index is 13.9. The van der Waals surface area contributed by atoms with Crippen molar-refractivity contribution in [1.82, 2.24) is 0 Å². The molecule has 2 aromatic carbocycles. The fraction of sp³-hybridized carbons (Fsp3) is 0.391. The topological polar surface area (TPSA) is 68.2 Å². The van der Waals surface area contributed by atoms with E-state index in [2.05, 4.69) is 49.3 Å². The Morgan fingerprint density at radius 1 is 1.00 bits per heavy atom. The van der Waals surface area contributed by atoms with Crippen LogP contribution in [0.15, 0.2) is 36.4 Å². The zero-order valence-corrected chi connectivity index (χ0v) is 17.8. The summed E-state index contributed by atoms with van der Waals surface area (Å²) in [5, 5.41) is 14.2. The van der Waals surface area contributed by atoms with Crippen molar-refractivity contribution < 1.29 is 13.6 Å². The second-order valence-electron chi connectivity index (χ2n) is 8.08. The third-order valence-electron chi connectivity index (χ3n) is 4.28. The number of hydrogen-bond acceptors (Lipinski definition) is 3. The van der Waals surface area contributed by atoms with Crippen LogP contribution in [0.2, 0.25) is 0 Å². The van der Waals surface area contributed by atoms with Crippen LogP contribution < -0.4 is 15.5 Å². The second-order valence-corrected chi connectivity index (χ2v) is 8.08. The van der Waals surface area contributed by atoms with Gasteiger partial charge in [-0.3, -0.25) is 0 Å². The summed E-state index contributed by atoms with van der Waals surface area (Å²) >= 11 is 0. The molecule has 0 atom stereocenters. The number of anilines is 3. The lowest BCUT2D eigenvalue weighted by molar-refractivity contribution is 0.262. The molecule has 0 radical (unpaired) electrons. The highest BCUT2D eigenvalue weighted by molar-refractivity contribution is 6.02. The monoisotopic (exact) mass is 414 g/mol. The number of nitrogens with one attached hydrogen (secondary N) is 2. The first kappa shape index (κ1) is 23.1. The van der Waals surface area contributed by atoms with Crippen molar-refractivity contribution in [1.29, 1.82) is 5.26 Å². The Kier molecular flexibility index (Phi) is 8.16. The number of halogens is 2. The molecular weight excluding hydrogens is 386 g/mol. The number of benzene rings is 2. The maximum Gasteiger partial charge on any atom is 0.323 e. The Labute approximate surface area is 176 Å². The first-order valence-electron chi connectivity index (χ1n) is 9.97. The van der Waals surface area contributed by atoms with Crippen LogP contribution in [-0.4, -0.2) is 19.1 Å². The van der Waals surface area contributed by atoms with Crippen LogP contribution in [0.25, 0.3) is 0 Å².